The molecule has 0 fully saturated rings. The van der Waals surface area contributed by atoms with Gasteiger partial charge in [0.05, 0.1) is 11.8 Å². The first kappa shape index (κ1) is 34.6. The minimum Gasteiger partial charge on any atom is -0.509 e. The fourth-order valence-electron chi connectivity index (χ4n) is 6.55. The van der Waals surface area contributed by atoms with Gasteiger partial charge in [-0.05, 0) is 78.2 Å². The maximum Gasteiger partial charge on any atom is 2.00 e. The largest absolute Gasteiger partial charge is 2.00 e. The van der Waals surface area contributed by atoms with Crippen LogP contribution in [0.4, 0.5) is 0 Å². The molecule has 0 aliphatic carbocycles. The van der Waals surface area contributed by atoms with Crippen LogP contribution in [0.25, 0.3) is 44.4 Å². The molecule has 3 heterocycles. The van der Waals surface area contributed by atoms with E-state index in [1.165, 1.54) is 0 Å². The molecule has 0 aliphatic heterocycles. The van der Waals surface area contributed by atoms with E-state index in [0.29, 0.717) is 23.0 Å². The molecule has 0 radical (unpaired) electrons. The number of aromatic nitrogens is 4. The van der Waals surface area contributed by atoms with Crippen molar-refractivity contribution in [2.24, 2.45) is 0 Å². The molecule has 3 aromatic heterocycles. The Bertz CT molecular complexity index is 2680. The summed E-state index contributed by atoms with van der Waals surface area (Å²) in [6, 6.07) is 52.6. The third kappa shape index (κ3) is 6.90. The van der Waals surface area contributed by atoms with E-state index < -0.39 is 0 Å². The van der Waals surface area contributed by atoms with Crippen molar-refractivity contribution in [2.45, 2.75) is 13.8 Å². The molecule has 6 aromatic carbocycles. The van der Waals surface area contributed by atoms with Gasteiger partial charge in [-0.1, -0.05) is 73.1 Å². The normalized spacial score (nSPS) is 11.0. The van der Waals surface area contributed by atoms with Crippen LogP contribution in [-0.4, -0.2) is 19.3 Å². The summed E-state index contributed by atoms with van der Waals surface area (Å²) in [5.41, 5.74) is 6.37. The monoisotopic (exact) mass is 883 g/mol. The summed E-state index contributed by atoms with van der Waals surface area (Å²) in [4.78, 5) is 4.70. The SMILES string of the molecule is Cc1cc(Oc2[c-]c3c(cc2)c2ccccc2n3-c2cc(C)ccn2)[c-]c(-n2cc(-c3c(Oc4ccccc4)cccc3Oc3ccccc3)cn2)c1.[Pt+2]. The molecule has 7 nitrogen and oxygen atoms in total. The number of pyridine rings is 1. The van der Waals surface area contributed by atoms with Crippen LogP contribution in [0.3, 0.4) is 0 Å². The average Bonchev–Trinajstić information content (AvgIpc) is 3.79. The predicted octanol–water partition coefficient (Wildman–Crippen LogP) is 11.6. The van der Waals surface area contributed by atoms with E-state index >= 15 is 0 Å². The zero-order valence-corrected chi connectivity index (χ0v) is 31.6. The third-order valence-electron chi connectivity index (χ3n) is 8.93. The van der Waals surface area contributed by atoms with E-state index in [2.05, 4.69) is 54.0 Å². The Morgan fingerprint density at radius 1 is 0.593 bits per heavy atom. The molecule has 0 amide bonds. The number of rotatable bonds is 9. The number of nitrogens with zero attached hydrogens (tertiary/aromatic N) is 4. The summed E-state index contributed by atoms with van der Waals surface area (Å²) in [6.45, 7) is 4.09. The average molecular weight is 884 g/mol. The summed E-state index contributed by atoms with van der Waals surface area (Å²) < 4.78 is 23.2. The van der Waals surface area contributed by atoms with Crippen molar-refractivity contribution in [1.29, 1.82) is 0 Å². The van der Waals surface area contributed by atoms with Crippen LogP contribution >= 0.6 is 0 Å². The zero-order valence-electron chi connectivity index (χ0n) is 29.3. The summed E-state index contributed by atoms with van der Waals surface area (Å²) in [5.74, 6) is 4.67. The van der Waals surface area contributed by atoms with Crippen molar-refractivity contribution in [1.82, 2.24) is 19.3 Å². The van der Waals surface area contributed by atoms with Gasteiger partial charge in [0.15, 0.2) is 0 Å². The van der Waals surface area contributed by atoms with Gasteiger partial charge in [-0.2, -0.15) is 16.7 Å². The van der Waals surface area contributed by atoms with Crippen molar-refractivity contribution < 1.29 is 35.3 Å². The number of hydrogen-bond acceptors (Lipinski definition) is 5. The molecule has 0 atom stereocenters. The predicted molar refractivity (Wildman–Crippen MR) is 208 cm³/mol. The molecule has 264 valence electrons. The number of fused-ring (bicyclic) bond motifs is 3. The third-order valence-corrected chi connectivity index (χ3v) is 8.93. The Kier molecular flexibility index (Phi) is 9.56. The first-order chi connectivity index (χ1) is 26.1. The molecular formula is C46H32N4O3Pt. The molecule has 0 saturated carbocycles. The summed E-state index contributed by atoms with van der Waals surface area (Å²) >= 11 is 0. The molecule has 0 saturated heterocycles. The molecule has 0 unspecified atom stereocenters. The van der Waals surface area contributed by atoms with Gasteiger partial charge in [-0.3, -0.25) is 4.68 Å². The summed E-state index contributed by atoms with van der Waals surface area (Å²) in [7, 11) is 0. The van der Waals surface area contributed by atoms with Crippen LogP contribution < -0.4 is 14.2 Å². The van der Waals surface area contributed by atoms with Crippen LogP contribution in [0, 0.1) is 26.0 Å². The standard InChI is InChI=1S/C46H32N4O3.Pt/c1-31-22-23-47-45(26-31)50-41-17-10-9-16-39(41)40-21-20-37(28-42(40)50)51-38-25-32(2)24-34(27-38)49-30-33(29-48-49)46-43(52-35-12-5-3-6-13-35)18-11-19-44(46)53-36-14-7-4-8-15-36;/h3-26,29-30H,1-2H3;/q-2;+2. The number of aryl methyl sites for hydroxylation is 2. The molecule has 0 aliphatic rings. The van der Waals surface area contributed by atoms with Crippen molar-refractivity contribution in [3.05, 3.63) is 181 Å². The molecular weight excluding hydrogens is 852 g/mol. The maximum atomic E-state index is 6.48. The van der Waals surface area contributed by atoms with Gasteiger partial charge in [0.1, 0.15) is 28.8 Å². The zero-order chi connectivity index (χ0) is 35.7. The maximum absolute atomic E-state index is 6.48. The Labute approximate surface area is 327 Å². The minimum absolute atomic E-state index is 0. The van der Waals surface area contributed by atoms with E-state index in [4.69, 9.17) is 24.3 Å². The van der Waals surface area contributed by atoms with E-state index in [0.717, 1.165) is 67.1 Å². The smallest absolute Gasteiger partial charge is 0.509 e. The van der Waals surface area contributed by atoms with Gasteiger partial charge < -0.3 is 18.8 Å². The van der Waals surface area contributed by atoms with Crippen LogP contribution in [0.1, 0.15) is 11.1 Å². The van der Waals surface area contributed by atoms with Crippen LogP contribution in [0.5, 0.6) is 34.5 Å². The first-order valence-electron chi connectivity index (χ1n) is 17.3. The minimum atomic E-state index is 0. The molecule has 0 bridgehead atoms. The number of hydrogen-bond donors (Lipinski definition) is 0. The quantitative estimate of drug-likeness (QED) is 0.135. The molecule has 9 rings (SSSR count). The van der Waals surface area contributed by atoms with Gasteiger partial charge >= 0.3 is 21.1 Å². The second-order valence-corrected chi connectivity index (χ2v) is 12.8. The second-order valence-electron chi connectivity index (χ2n) is 12.8. The second kappa shape index (κ2) is 14.9. The fraction of sp³-hybridized carbons (Fsp3) is 0.0435. The number of benzene rings is 6. The number of ether oxygens (including phenoxy) is 3. The van der Waals surface area contributed by atoms with Crippen molar-refractivity contribution in [3.8, 4) is 57.1 Å². The molecule has 9 aromatic rings. The van der Waals surface area contributed by atoms with Gasteiger partial charge in [0.2, 0.25) is 0 Å². The summed E-state index contributed by atoms with van der Waals surface area (Å²) in [6.07, 6.45) is 5.59. The summed E-state index contributed by atoms with van der Waals surface area (Å²) in [5, 5.41) is 6.96. The molecule has 0 spiro atoms. The number of para-hydroxylation sites is 3. The van der Waals surface area contributed by atoms with Gasteiger partial charge in [0.25, 0.3) is 0 Å². The van der Waals surface area contributed by atoms with E-state index in [-0.39, 0.29) is 21.1 Å². The van der Waals surface area contributed by atoms with Gasteiger partial charge in [0, 0.05) is 35.0 Å². The Hall–Kier alpha value is -6.43. The Morgan fingerprint density at radius 3 is 2.02 bits per heavy atom. The topological polar surface area (TPSA) is 63.3 Å². The molecule has 8 heteroatoms. The Balaban J connectivity index is 0.00000413. The Morgan fingerprint density at radius 2 is 1.30 bits per heavy atom. The van der Waals surface area contributed by atoms with Gasteiger partial charge in [-0.25, -0.2) is 4.98 Å². The van der Waals surface area contributed by atoms with Gasteiger partial charge in [-0.15, -0.1) is 35.7 Å². The van der Waals surface area contributed by atoms with E-state index in [1.54, 1.807) is 4.68 Å². The van der Waals surface area contributed by atoms with Crippen molar-refractivity contribution in [3.63, 3.8) is 0 Å². The van der Waals surface area contributed by atoms with Crippen LogP contribution in [-0.2, 0) is 21.1 Å². The molecule has 54 heavy (non-hydrogen) atoms. The fourth-order valence-corrected chi connectivity index (χ4v) is 6.55. The van der Waals surface area contributed by atoms with Crippen molar-refractivity contribution in [2.75, 3.05) is 0 Å². The van der Waals surface area contributed by atoms with Crippen LogP contribution in [0.15, 0.2) is 158 Å². The van der Waals surface area contributed by atoms with E-state index in [9.17, 15) is 0 Å². The van der Waals surface area contributed by atoms with Crippen molar-refractivity contribution >= 4 is 21.8 Å². The van der Waals surface area contributed by atoms with E-state index in [1.807, 2.05) is 135 Å². The van der Waals surface area contributed by atoms with Crippen LogP contribution in [0.2, 0.25) is 0 Å². The molecule has 0 N–H and O–H groups in total. The first-order valence-corrected chi connectivity index (χ1v) is 17.3.